The lowest BCUT2D eigenvalue weighted by molar-refractivity contribution is 0.679. The summed E-state index contributed by atoms with van der Waals surface area (Å²) < 4.78 is 2.30. The SMILES string of the molecule is CC.[B]C([B])([B])n1cc2c(Br)ccc(C)c2n1. The molecule has 6 heteroatoms. The van der Waals surface area contributed by atoms with Gasteiger partial charge in [0.1, 0.15) is 0 Å². The van der Waals surface area contributed by atoms with Crippen LogP contribution in [0.2, 0.25) is 0 Å². The fourth-order valence-electron chi connectivity index (χ4n) is 1.41. The van der Waals surface area contributed by atoms with E-state index in [0.29, 0.717) is 0 Å². The van der Waals surface area contributed by atoms with Gasteiger partial charge in [0.25, 0.3) is 0 Å². The third-order valence-electron chi connectivity index (χ3n) is 2.22. The highest BCUT2D eigenvalue weighted by Crippen LogP contribution is 2.26. The van der Waals surface area contributed by atoms with Crippen LogP contribution in [0.4, 0.5) is 0 Å². The van der Waals surface area contributed by atoms with E-state index in [1.165, 1.54) is 4.68 Å². The maximum Gasteiger partial charge on any atom is 0.0963 e. The Balaban J connectivity index is 0.000000686. The molecule has 17 heavy (non-hydrogen) atoms. The molecule has 0 fully saturated rings. The first kappa shape index (κ1) is 14.4. The summed E-state index contributed by atoms with van der Waals surface area (Å²) >= 11 is 3.44. The quantitative estimate of drug-likeness (QED) is 0.734. The highest BCUT2D eigenvalue weighted by atomic mass is 79.9. The van der Waals surface area contributed by atoms with Gasteiger partial charge in [-0.25, -0.2) is 0 Å². The third-order valence-corrected chi connectivity index (χ3v) is 2.91. The van der Waals surface area contributed by atoms with Crippen LogP contribution < -0.4 is 0 Å². The topological polar surface area (TPSA) is 17.8 Å². The molecule has 0 bridgehead atoms. The number of hydrogen-bond donors (Lipinski definition) is 0. The second kappa shape index (κ2) is 5.34. The molecular formula is C11H12B3BrN2. The number of fused-ring (bicyclic) bond motifs is 1. The molecule has 0 atom stereocenters. The van der Waals surface area contributed by atoms with Crippen LogP contribution in [0.15, 0.2) is 22.8 Å². The van der Waals surface area contributed by atoms with Gasteiger partial charge in [0.05, 0.1) is 29.1 Å². The van der Waals surface area contributed by atoms with Gasteiger partial charge in [-0.1, -0.05) is 35.8 Å². The van der Waals surface area contributed by atoms with E-state index >= 15 is 0 Å². The second-order valence-corrected chi connectivity index (χ2v) is 4.44. The monoisotopic (exact) mass is 284 g/mol. The summed E-state index contributed by atoms with van der Waals surface area (Å²) in [5, 5.41) is 3.73. The highest BCUT2D eigenvalue weighted by Gasteiger charge is 2.15. The fraction of sp³-hybridized carbons (Fsp3) is 0.364. The van der Waals surface area contributed by atoms with Crippen molar-refractivity contribution in [1.82, 2.24) is 9.78 Å². The first-order chi connectivity index (χ1) is 7.89. The molecule has 2 nitrogen and oxygen atoms in total. The minimum Gasteiger partial charge on any atom is -0.291 e. The van der Waals surface area contributed by atoms with E-state index < -0.39 is 5.24 Å². The van der Waals surface area contributed by atoms with Crippen molar-refractivity contribution in [2.45, 2.75) is 26.0 Å². The molecular weight excluding hydrogens is 272 g/mol. The van der Waals surface area contributed by atoms with Crippen molar-refractivity contribution in [2.24, 2.45) is 0 Å². The molecule has 2 aromatic rings. The van der Waals surface area contributed by atoms with Gasteiger partial charge in [0.15, 0.2) is 0 Å². The lowest BCUT2D eigenvalue weighted by Crippen LogP contribution is -2.35. The van der Waals surface area contributed by atoms with Crippen molar-refractivity contribution in [1.29, 1.82) is 0 Å². The van der Waals surface area contributed by atoms with Crippen molar-refractivity contribution in [3.8, 4) is 0 Å². The smallest absolute Gasteiger partial charge is 0.0963 e. The van der Waals surface area contributed by atoms with Crippen molar-refractivity contribution < 1.29 is 0 Å². The minimum atomic E-state index is -1.47. The fourth-order valence-corrected chi connectivity index (χ4v) is 1.83. The van der Waals surface area contributed by atoms with E-state index in [4.69, 9.17) is 23.5 Å². The highest BCUT2D eigenvalue weighted by molar-refractivity contribution is 9.10. The van der Waals surface area contributed by atoms with Gasteiger partial charge in [-0.15, -0.1) is 0 Å². The normalized spacial score (nSPS) is 11.1. The number of nitrogens with zero attached hydrogens (tertiary/aromatic N) is 2. The Morgan fingerprint density at radius 3 is 2.29 bits per heavy atom. The van der Waals surface area contributed by atoms with Gasteiger partial charge in [0, 0.05) is 16.1 Å². The molecule has 0 aliphatic rings. The van der Waals surface area contributed by atoms with Crippen LogP contribution in [-0.2, 0) is 5.24 Å². The predicted octanol–water partition coefficient (Wildman–Crippen LogP) is 2.21. The van der Waals surface area contributed by atoms with Gasteiger partial charge in [-0.3, -0.25) is 4.68 Å². The zero-order chi connectivity index (χ0) is 13.2. The Morgan fingerprint density at radius 1 is 1.24 bits per heavy atom. The average molecular weight is 285 g/mol. The molecule has 0 spiro atoms. The molecule has 0 unspecified atom stereocenters. The first-order valence-electron chi connectivity index (χ1n) is 5.41. The Bertz CT molecular complexity index is 478. The lowest BCUT2D eigenvalue weighted by Gasteiger charge is -2.20. The van der Waals surface area contributed by atoms with E-state index in [2.05, 4.69) is 21.0 Å². The molecule has 0 amide bonds. The molecule has 1 aromatic heterocycles. The van der Waals surface area contributed by atoms with E-state index in [9.17, 15) is 0 Å². The van der Waals surface area contributed by atoms with Gasteiger partial charge in [-0.2, -0.15) is 5.10 Å². The molecule has 0 N–H and O–H groups in total. The molecule has 1 heterocycles. The summed E-state index contributed by atoms with van der Waals surface area (Å²) in [6.45, 7) is 5.97. The predicted molar refractivity (Wildman–Crippen MR) is 78.8 cm³/mol. The number of benzene rings is 1. The minimum absolute atomic E-state index is 0.843. The number of rotatable bonds is 1. The van der Waals surface area contributed by atoms with Crippen molar-refractivity contribution >= 4 is 50.4 Å². The first-order valence-corrected chi connectivity index (χ1v) is 6.20. The lowest BCUT2D eigenvalue weighted by atomic mass is 9.49. The number of halogens is 1. The maximum absolute atomic E-state index is 5.56. The van der Waals surface area contributed by atoms with Crippen LogP contribution in [0.1, 0.15) is 19.4 Å². The molecule has 0 saturated heterocycles. The van der Waals surface area contributed by atoms with Crippen LogP contribution in [0, 0.1) is 6.92 Å². The molecule has 6 radical (unpaired) electrons. The van der Waals surface area contributed by atoms with Gasteiger partial charge in [-0.05, 0) is 23.8 Å². The van der Waals surface area contributed by atoms with Crippen molar-refractivity contribution in [2.75, 3.05) is 0 Å². The zero-order valence-corrected chi connectivity index (χ0v) is 11.8. The summed E-state index contributed by atoms with van der Waals surface area (Å²) in [4.78, 5) is 0. The largest absolute Gasteiger partial charge is 0.291 e. The van der Waals surface area contributed by atoms with Crippen LogP contribution in [-0.4, -0.2) is 33.3 Å². The summed E-state index contributed by atoms with van der Waals surface area (Å²) in [5.74, 6) is 0. The number of aryl methyl sites for hydroxylation is 1. The van der Waals surface area contributed by atoms with E-state index in [0.717, 1.165) is 20.9 Å². The van der Waals surface area contributed by atoms with Crippen LogP contribution in [0.25, 0.3) is 10.9 Å². The van der Waals surface area contributed by atoms with E-state index in [1.54, 1.807) is 6.20 Å². The zero-order valence-electron chi connectivity index (χ0n) is 10.2. The van der Waals surface area contributed by atoms with Crippen molar-refractivity contribution in [3.05, 3.63) is 28.4 Å². The Labute approximate surface area is 115 Å². The Hall–Kier alpha value is -0.635. The Kier molecular flexibility index (Phi) is 4.53. The van der Waals surface area contributed by atoms with Crippen LogP contribution in [0.3, 0.4) is 0 Å². The Morgan fingerprint density at radius 2 is 1.82 bits per heavy atom. The standard InChI is InChI=1S/C9H6B3BrN2.C2H6/c1-5-2-3-7(13)6-4-15(9(10,11)12)14-8(5)6;1-2/h2-4H,1H3;1-2H3. The molecule has 0 aliphatic heterocycles. The molecule has 0 saturated carbocycles. The van der Waals surface area contributed by atoms with Crippen molar-refractivity contribution in [3.63, 3.8) is 0 Å². The summed E-state index contributed by atoms with van der Waals surface area (Å²) in [7, 11) is 16.7. The number of aromatic nitrogens is 2. The van der Waals surface area contributed by atoms with Gasteiger partial charge < -0.3 is 0 Å². The van der Waals surface area contributed by atoms with Crippen LogP contribution >= 0.6 is 15.9 Å². The second-order valence-electron chi connectivity index (χ2n) is 3.59. The summed E-state index contributed by atoms with van der Waals surface area (Å²) in [5.41, 5.74) is 1.89. The molecule has 2 rings (SSSR count). The van der Waals surface area contributed by atoms with E-state index in [-0.39, 0.29) is 0 Å². The van der Waals surface area contributed by atoms with Crippen LogP contribution in [0.5, 0.6) is 0 Å². The number of hydrogen-bond acceptors (Lipinski definition) is 1. The average Bonchev–Trinajstić information content (AvgIpc) is 2.72. The van der Waals surface area contributed by atoms with Gasteiger partial charge >= 0.3 is 0 Å². The van der Waals surface area contributed by atoms with Gasteiger partial charge in [0.2, 0.25) is 0 Å². The summed E-state index contributed by atoms with van der Waals surface area (Å²) in [6, 6.07) is 3.92. The third kappa shape index (κ3) is 2.98. The molecule has 82 valence electrons. The van der Waals surface area contributed by atoms with E-state index in [1.807, 2.05) is 32.9 Å². The maximum atomic E-state index is 5.56. The molecule has 1 aromatic carbocycles. The molecule has 0 aliphatic carbocycles. The summed E-state index contributed by atoms with van der Waals surface area (Å²) in [6.07, 6.45) is 1.73.